The molecule has 2 amide bonds. The third kappa shape index (κ3) is 3.18. The van der Waals surface area contributed by atoms with Gasteiger partial charge >= 0.3 is 0 Å². The summed E-state index contributed by atoms with van der Waals surface area (Å²) in [6.07, 6.45) is 1.58. The second-order valence-corrected chi connectivity index (χ2v) is 5.85. The minimum absolute atomic E-state index is 0.101. The summed E-state index contributed by atoms with van der Waals surface area (Å²) in [6.45, 7) is 1.65. The van der Waals surface area contributed by atoms with E-state index in [1.54, 1.807) is 19.1 Å². The van der Waals surface area contributed by atoms with Crippen LogP contribution in [0, 0.1) is 16.0 Å². The van der Waals surface area contributed by atoms with Crippen molar-refractivity contribution in [3.05, 3.63) is 46.6 Å². The van der Waals surface area contributed by atoms with Crippen molar-refractivity contribution in [2.45, 2.75) is 13.3 Å². The average Bonchev–Trinajstić information content (AvgIpc) is 2.88. The van der Waals surface area contributed by atoms with E-state index >= 15 is 0 Å². The van der Waals surface area contributed by atoms with Crippen LogP contribution in [-0.4, -0.2) is 28.8 Å². The van der Waals surface area contributed by atoms with E-state index in [9.17, 15) is 19.7 Å². The molecule has 1 fully saturated rings. The molecule has 0 aliphatic carbocycles. The van der Waals surface area contributed by atoms with Gasteiger partial charge in [0, 0.05) is 24.5 Å². The van der Waals surface area contributed by atoms with Crippen molar-refractivity contribution in [3.8, 4) is 5.88 Å². The summed E-state index contributed by atoms with van der Waals surface area (Å²) >= 11 is 0. The number of anilines is 3. The number of nitro benzene ring substituents is 1. The Morgan fingerprint density at radius 2 is 2.08 bits per heavy atom. The van der Waals surface area contributed by atoms with Gasteiger partial charge in [-0.25, -0.2) is 4.98 Å². The third-order valence-corrected chi connectivity index (χ3v) is 4.03. The van der Waals surface area contributed by atoms with Crippen molar-refractivity contribution in [1.82, 2.24) is 4.98 Å². The summed E-state index contributed by atoms with van der Waals surface area (Å²) in [6, 6.07) is 7.46. The predicted molar refractivity (Wildman–Crippen MR) is 93.4 cm³/mol. The quantitative estimate of drug-likeness (QED) is 0.497. The number of methoxy groups -OCH3 is 1. The fourth-order valence-electron chi connectivity index (χ4n) is 2.70. The summed E-state index contributed by atoms with van der Waals surface area (Å²) < 4.78 is 4.97. The Labute approximate surface area is 148 Å². The van der Waals surface area contributed by atoms with Gasteiger partial charge in [0.1, 0.15) is 5.69 Å². The largest absolute Gasteiger partial charge is 0.481 e. The number of rotatable bonds is 5. The second-order valence-electron chi connectivity index (χ2n) is 5.85. The maximum absolute atomic E-state index is 12.1. The molecule has 134 valence electrons. The Balaban J connectivity index is 1.93. The second kappa shape index (κ2) is 6.79. The van der Waals surface area contributed by atoms with Crippen LogP contribution < -0.4 is 15.0 Å². The van der Waals surface area contributed by atoms with E-state index in [1.807, 2.05) is 0 Å². The smallest absolute Gasteiger partial charge is 0.294 e. The monoisotopic (exact) mass is 356 g/mol. The molecule has 2 aromatic rings. The van der Waals surface area contributed by atoms with Crippen LogP contribution in [0.15, 0.2) is 36.5 Å². The van der Waals surface area contributed by atoms with Crippen LogP contribution in [0.1, 0.15) is 13.3 Å². The van der Waals surface area contributed by atoms with Gasteiger partial charge in [0.25, 0.3) is 5.69 Å². The molecule has 1 aliphatic heterocycles. The first-order valence-electron chi connectivity index (χ1n) is 7.83. The molecule has 9 heteroatoms. The Morgan fingerprint density at radius 3 is 2.62 bits per heavy atom. The lowest BCUT2D eigenvalue weighted by atomic mass is 10.1. The topological polar surface area (TPSA) is 115 Å². The molecule has 0 radical (unpaired) electrons. The number of hydrogen-bond acceptors (Lipinski definition) is 7. The van der Waals surface area contributed by atoms with E-state index in [1.165, 1.54) is 31.5 Å². The number of ether oxygens (including phenoxy) is 1. The molecule has 0 unspecified atom stereocenters. The summed E-state index contributed by atoms with van der Waals surface area (Å²) in [5.41, 5.74) is 0.689. The van der Waals surface area contributed by atoms with Gasteiger partial charge in [-0.1, -0.05) is 6.92 Å². The minimum atomic E-state index is -0.572. The van der Waals surface area contributed by atoms with E-state index in [-0.39, 0.29) is 35.3 Å². The molecule has 1 aliphatic rings. The molecule has 0 bridgehead atoms. The third-order valence-electron chi connectivity index (χ3n) is 4.03. The van der Waals surface area contributed by atoms with Crippen LogP contribution in [0.2, 0.25) is 0 Å². The summed E-state index contributed by atoms with van der Waals surface area (Å²) in [5, 5.41) is 14.4. The standard InChI is InChI=1S/C17H16N4O5/c1-10-7-16(22)20(17(10)23)12-4-5-13(14(8-12)21(24)25)19-11-3-6-15(26-2)18-9-11/h3-6,8-10,19H,7H2,1-2H3/t10-/m0/s1. The van der Waals surface area contributed by atoms with Crippen LogP contribution in [-0.2, 0) is 9.59 Å². The number of amides is 2. The van der Waals surface area contributed by atoms with Crippen molar-refractivity contribution in [3.63, 3.8) is 0 Å². The van der Waals surface area contributed by atoms with Gasteiger partial charge in [0.05, 0.1) is 29.6 Å². The highest BCUT2D eigenvalue weighted by Gasteiger charge is 2.37. The van der Waals surface area contributed by atoms with Crippen LogP contribution in [0.5, 0.6) is 5.88 Å². The first kappa shape index (κ1) is 17.3. The van der Waals surface area contributed by atoms with E-state index < -0.39 is 10.8 Å². The Hall–Kier alpha value is -3.49. The number of benzene rings is 1. The fraction of sp³-hybridized carbons (Fsp3) is 0.235. The Morgan fingerprint density at radius 1 is 1.31 bits per heavy atom. The van der Waals surface area contributed by atoms with Crippen LogP contribution >= 0.6 is 0 Å². The van der Waals surface area contributed by atoms with E-state index in [0.29, 0.717) is 11.6 Å². The lowest BCUT2D eigenvalue weighted by Crippen LogP contribution is -2.30. The highest BCUT2D eigenvalue weighted by molar-refractivity contribution is 6.21. The van der Waals surface area contributed by atoms with Crippen LogP contribution in [0.4, 0.5) is 22.7 Å². The zero-order valence-corrected chi connectivity index (χ0v) is 14.1. The highest BCUT2D eigenvalue weighted by atomic mass is 16.6. The first-order chi connectivity index (χ1) is 12.4. The molecular weight excluding hydrogens is 340 g/mol. The number of nitro groups is 1. The lowest BCUT2D eigenvalue weighted by Gasteiger charge is -2.15. The molecule has 1 N–H and O–H groups in total. The summed E-state index contributed by atoms with van der Waals surface area (Å²) in [7, 11) is 1.49. The molecule has 1 aromatic heterocycles. The molecule has 1 saturated heterocycles. The van der Waals surface area contributed by atoms with Crippen LogP contribution in [0.25, 0.3) is 0 Å². The molecule has 1 atom stereocenters. The number of imide groups is 1. The Kier molecular flexibility index (Phi) is 4.53. The first-order valence-corrected chi connectivity index (χ1v) is 7.83. The van der Waals surface area contributed by atoms with Gasteiger partial charge in [-0.2, -0.15) is 0 Å². The van der Waals surface area contributed by atoms with Crippen LogP contribution in [0.3, 0.4) is 0 Å². The molecule has 1 aromatic carbocycles. The van der Waals surface area contributed by atoms with Crippen molar-refractivity contribution in [1.29, 1.82) is 0 Å². The van der Waals surface area contributed by atoms with Crippen molar-refractivity contribution >= 4 is 34.6 Å². The number of hydrogen-bond donors (Lipinski definition) is 1. The molecule has 26 heavy (non-hydrogen) atoms. The maximum Gasteiger partial charge on any atom is 0.294 e. The van der Waals surface area contributed by atoms with E-state index in [4.69, 9.17) is 4.74 Å². The number of carbonyl (C=O) groups excluding carboxylic acids is 2. The van der Waals surface area contributed by atoms with Gasteiger partial charge < -0.3 is 10.1 Å². The number of nitrogens with one attached hydrogen (secondary N) is 1. The molecule has 9 nitrogen and oxygen atoms in total. The summed E-state index contributed by atoms with van der Waals surface area (Å²) in [5.74, 6) is -0.730. The van der Waals surface area contributed by atoms with Gasteiger partial charge in [0.2, 0.25) is 17.7 Å². The van der Waals surface area contributed by atoms with Crippen molar-refractivity contribution in [2.24, 2.45) is 5.92 Å². The van der Waals surface area contributed by atoms with E-state index in [2.05, 4.69) is 10.3 Å². The molecular formula is C17H16N4O5. The zero-order valence-electron chi connectivity index (χ0n) is 14.1. The van der Waals surface area contributed by atoms with E-state index in [0.717, 1.165) is 4.90 Å². The van der Waals surface area contributed by atoms with Crippen molar-refractivity contribution < 1.29 is 19.2 Å². The molecule has 2 heterocycles. The fourth-order valence-corrected chi connectivity index (χ4v) is 2.70. The maximum atomic E-state index is 12.1. The highest BCUT2D eigenvalue weighted by Crippen LogP contribution is 2.34. The van der Waals surface area contributed by atoms with Gasteiger partial charge in [0.15, 0.2) is 0 Å². The number of pyridine rings is 1. The van der Waals surface area contributed by atoms with Crippen molar-refractivity contribution in [2.75, 3.05) is 17.3 Å². The minimum Gasteiger partial charge on any atom is -0.481 e. The molecule has 0 saturated carbocycles. The number of carbonyl (C=O) groups is 2. The lowest BCUT2D eigenvalue weighted by molar-refractivity contribution is -0.383. The Bertz CT molecular complexity index is 881. The normalized spacial score (nSPS) is 16.7. The molecule has 0 spiro atoms. The summed E-state index contributed by atoms with van der Waals surface area (Å²) in [4.78, 5) is 40.0. The van der Waals surface area contributed by atoms with Gasteiger partial charge in [-0.05, 0) is 18.2 Å². The predicted octanol–water partition coefficient (Wildman–Crippen LogP) is 2.64. The average molecular weight is 356 g/mol. The SMILES string of the molecule is COc1ccc(Nc2ccc(N3C(=O)C[C@H](C)C3=O)cc2[N+](=O)[O-])cn1. The molecule has 3 rings (SSSR count). The number of aromatic nitrogens is 1. The number of nitrogens with zero attached hydrogens (tertiary/aromatic N) is 3. The zero-order chi connectivity index (χ0) is 18.8. The van der Waals surface area contributed by atoms with Gasteiger partial charge in [-0.15, -0.1) is 0 Å². The van der Waals surface area contributed by atoms with Gasteiger partial charge in [-0.3, -0.25) is 24.6 Å².